The molecule has 0 bridgehead atoms. The number of fused-ring (bicyclic) bond motifs is 3. The van der Waals surface area contributed by atoms with E-state index in [1.807, 2.05) is 35.8 Å². The summed E-state index contributed by atoms with van der Waals surface area (Å²) in [6, 6.07) is 14.2. The van der Waals surface area contributed by atoms with Gasteiger partial charge in [0.2, 0.25) is 5.95 Å². The predicted octanol–water partition coefficient (Wildman–Crippen LogP) is 3.41. The molecular formula is C25H27N5O2. The van der Waals surface area contributed by atoms with Gasteiger partial charge in [0.25, 0.3) is 5.56 Å². The molecule has 32 heavy (non-hydrogen) atoms. The number of aromatic nitrogens is 4. The highest BCUT2D eigenvalue weighted by molar-refractivity contribution is 5.77. The van der Waals surface area contributed by atoms with Gasteiger partial charge in [0.15, 0.2) is 11.2 Å². The van der Waals surface area contributed by atoms with E-state index in [2.05, 4.69) is 36.9 Å². The fourth-order valence-corrected chi connectivity index (χ4v) is 4.70. The number of anilines is 2. The molecule has 164 valence electrons. The number of aryl methyl sites for hydroxylation is 5. The Morgan fingerprint density at radius 3 is 2.50 bits per heavy atom. The Labute approximate surface area is 186 Å². The van der Waals surface area contributed by atoms with Crippen LogP contribution in [0, 0.1) is 20.8 Å². The van der Waals surface area contributed by atoms with E-state index in [0.717, 1.165) is 41.3 Å². The van der Waals surface area contributed by atoms with Gasteiger partial charge >= 0.3 is 5.69 Å². The van der Waals surface area contributed by atoms with Gasteiger partial charge in [0.05, 0.1) is 6.54 Å². The number of hydrogen-bond acceptors (Lipinski definition) is 4. The molecule has 1 aliphatic rings. The Hall–Kier alpha value is -3.61. The minimum atomic E-state index is -0.348. The minimum absolute atomic E-state index is 0.245. The highest BCUT2D eigenvalue weighted by atomic mass is 16.2. The molecule has 4 aromatic rings. The van der Waals surface area contributed by atoms with Gasteiger partial charge in [-0.2, -0.15) is 4.98 Å². The first-order valence-corrected chi connectivity index (χ1v) is 11.0. The molecule has 0 saturated heterocycles. The molecule has 5 rings (SSSR count). The molecule has 2 aromatic carbocycles. The zero-order valence-electron chi connectivity index (χ0n) is 18.9. The van der Waals surface area contributed by atoms with Gasteiger partial charge < -0.3 is 9.47 Å². The Morgan fingerprint density at radius 1 is 0.969 bits per heavy atom. The normalized spacial score (nSPS) is 13.6. The second kappa shape index (κ2) is 7.51. The van der Waals surface area contributed by atoms with Crippen molar-refractivity contribution < 1.29 is 0 Å². The second-order valence-electron chi connectivity index (χ2n) is 8.69. The van der Waals surface area contributed by atoms with Crippen molar-refractivity contribution >= 4 is 22.8 Å². The molecule has 3 heterocycles. The van der Waals surface area contributed by atoms with Crippen LogP contribution in [0.3, 0.4) is 0 Å². The van der Waals surface area contributed by atoms with Crippen molar-refractivity contribution in [3.8, 4) is 0 Å². The Morgan fingerprint density at radius 2 is 1.75 bits per heavy atom. The molecule has 0 radical (unpaired) electrons. The lowest BCUT2D eigenvalue weighted by Gasteiger charge is -2.30. The zero-order chi connectivity index (χ0) is 22.6. The molecule has 0 amide bonds. The van der Waals surface area contributed by atoms with E-state index in [0.29, 0.717) is 17.7 Å². The third-order valence-corrected chi connectivity index (χ3v) is 6.45. The van der Waals surface area contributed by atoms with Crippen molar-refractivity contribution in [1.29, 1.82) is 0 Å². The molecular weight excluding hydrogens is 402 g/mol. The number of benzene rings is 2. The molecule has 0 N–H and O–H groups in total. The molecule has 1 aliphatic heterocycles. The smallest absolute Gasteiger partial charge is 0.312 e. The van der Waals surface area contributed by atoms with Gasteiger partial charge in [-0.25, -0.2) is 4.79 Å². The lowest BCUT2D eigenvalue weighted by molar-refractivity contribution is 0.597. The summed E-state index contributed by atoms with van der Waals surface area (Å²) in [5.41, 5.74) is 5.76. The molecule has 7 nitrogen and oxygen atoms in total. The third-order valence-electron chi connectivity index (χ3n) is 6.45. The first-order chi connectivity index (χ1) is 15.4. The van der Waals surface area contributed by atoms with E-state index in [4.69, 9.17) is 4.98 Å². The molecule has 0 saturated carbocycles. The second-order valence-corrected chi connectivity index (χ2v) is 8.69. The van der Waals surface area contributed by atoms with E-state index in [9.17, 15) is 9.59 Å². The topological polar surface area (TPSA) is 65.1 Å². The van der Waals surface area contributed by atoms with Gasteiger partial charge in [-0.1, -0.05) is 42.0 Å². The van der Waals surface area contributed by atoms with E-state index < -0.39 is 0 Å². The average molecular weight is 430 g/mol. The van der Waals surface area contributed by atoms with Crippen molar-refractivity contribution in [2.45, 2.75) is 40.3 Å². The van der Waals surface area contributed by atoms with Gasteiger partial charge in [-0.15, -0.1) is 0 Å². The molecule has 0 unspecified atom stereocenters. The van der Waals surface area contributed by atoms with Crippen molar-refractivity contribution in [2.24, 2.45) is 7.05 Å². The zero-order valence-corrected chi connectivity index (χ0v) is 18.9. The first-order valence-electron chi connectivity index (χ1n) is 11.0. The van der Waals surface area contributed by atoms with Crippen molar-refractivity contribution in [3.63, 3.8) is 0 Å². The van der Waals surface area contributed by atoms with E-state index in [1.165, 1.54) is 14.7 Å². The predicted molar refractivity (Wildman–Crippen MR) is 127 cm³/mol. The van der Waals surface area contributed by atoms with E-state index in [1.54, 1.807) is 7.05 Å². The standard InChI is InChI=1S/C25H27N5O2/c1-16-10-11-20(18(3)14-16)28-12-7-13-29-21-22(26-24(28)29)27(4)25(32)30(23(21)31)15-19-9-6-5-8-17(19)2/h5-6,8-11,14H,7,12-13,15H2,1-4H3. The number of imidazole rings is 1. The van der Waals surface area contributed by atoms with Crippen LogP contribution in [0.1, 0.15) is 28.7 Å². The Kier molecular flexibility index (Phi) is 4.77. The maximum atomic E-state index is 13.6. The summed E-state index contributed by atoms with van der Waals surface area (Å²) in [4.78, 5) is 33.7. The summed E-state index contributed by atoms with van der Waals surface area (Å²) in [7, 11) is 1.69. The fraction of sp³-hybridized carbons (Fsp3) is 0.320. The van der Waals surface area contributed by atoms with Crippen molar-refractivity contribution in [2.75, 3.05) is 11.4 Å². The molecule has 2 aromatic heterocycles. The monoisotopic (exact) mass is 429 g/mol. The minimum Gasteiger partial charge on any atom is -0.312 e. The summed E-state index contributed by atoms with van der Waals surface area (Å²) in [5, 5.41) is 0. The van der Waals surface area contributed by atoms with Crippen molar-refractivity contribution in [1.82, 2.24) is 18.7 Å². The molecule has 7 heteroatoms. The lowest BCUT2D eigenvalue weighted by atomic mass is 10.1. The first kappa shape index (κ1) is 20.3. The number of nitrogens with zero attached hydrogens (tertiary/aromatic N) is 5. The number of hydrogen-bond donors (Lipinski definition) is 0. The van der Waals surface area contributed by atoms with Crippen LogP contribution in [-0.4, -0.2) is 25.2 Å². The molecule has 0 atom stereocenters. The van der Waals surface area contributed by atoms with E-state index >= 15 is 0 Å². The maximum absolute atomic E-state index is 13.6. The van der Waals surface area contributed by atoms with Crippen LogP contribution in [0.25, 0.3) is 11.2 Å². The van der Waals surface area contributed by atoms with Gasteiger partial charge in [-0.3, -0.25) is 13.9 Å². The highest BCUT2D eigenvalue weighted by Gasteiger charge is 2.27. The fourth-order valence-electron chi connectivity index (χ4n) is 4.70. The van der Waals surface area contributed by atoms with Gasteiger partial charge in [-0.05, 0) is 49.9 Å². The van der Waals surface area contributed by atoms with Crippen LogP contribution >= 0.6 is 0 Å². The molecule has 0 fully saturated rings. The summed E-state index contributed by atoms with van der Waals surface area (Å²) >= 11 is 0. The Balaban J connectivity index is 1.72. The van der Waals surface area contributed by atoms with Crippen LogP contribution in [0.5, 0.6) is 0 Å². The summed E-state index contributed by atoms with van der Waals surface area (Å²) in [5.74, 6) is 0.721. The van der Waals surface area contributed by atoms with Crippen LogP contribution in [0.15, 0.2) is 52.1 Å². The quantitative estimate of drug-likeness (QED) is 0.501. The van der Waals surface area contributed by atoms with Crippen LogP contribution in [0.2, 0.25) is 0 Å². The van der Waals surface area contributed by atoms with Gasteiger partial charge in [0.1, 0.15) is 0 Å². The van der Waals surface area contributed by atoms with Crippen molar-refractivity contribution in [3.05, 3.63) is 85.6 Å². The SMILES string of the molecule is Cc1ccc(N2CCCn3c2nc2c3c(=O)n(Cc3ccccc3C)c(=O)n2C)c(C)c1. The summed E-state index contributed by atoms with van der Waals surface area (Å²) < 4.78 is 4.81. The molecule has 0 spiro atoms. The molecule has 0 aliphatic carbocycles. The number of rotatable bonds is 3. The van der Waals surface area contributed by atoms with Gasteiger partial charge in [0, 0.05) is 25.8 Å². The third kappa shape index (κ3) is 3.07. The van der Waals surface area contributed by atoms with Crippen LogP contribution in [0.4, 0.5) is 11.6 Å². The lowest BCUT2D eigenvalue weighted by Crippen LogP contribution is -2.40. The van der Waals surface area contributed by atoms with Crippen LogP contribution < -0.4 is 16.1 Å². The Bertz CT molecular complexity index is 1470. The van der Waals surface area contributed by atoms with Crippen LogP contribution in [-0.2, 0) is 20.1 Å². The largest absolute Gasteiger partial charge is 0.332 e. The summed E-state index contributed by atoms with van der Waals surface area (Å²) in [6.45, 7) is 7.93. The average Bonchev–Trinajstić information content (AvgIpc) is 3.17. The van der Waals surface area contributed by atoms with E-state index in [-0.39, 0.29) is 17.8 Å². The summed E-state index contributed by atoms with van der Waals surface area (Å²) in [6.07, 6.45) is 0.895. The maximum Gasteiger partial charge on any atom is 0.332 e. The highest BCUT2D eigenvalue weighted by Crippen LogP contribution is 2.33.